The number of ether oxygens (including phenoxy) is 1. The fourth-order valence-corrected chi connectivity index (χ4v) is 4.83. The second-order valence-corrected chi connectivity index (χ2v) is 9.84. The number of aliphatic carboxylic acids is 1. The predicted octanol–water partition coefficient (Wildman–Crippen LogP) is 5.99. The molecule has 7 heteroatoms. The van der Waals surface area contributed by atoms with Gasteiger partial charge in [-0.3, -0.25) is 14.5 Å². The van der Waals surface area contributed by atoms with Crippen molar-refractivity contribution in [1.82, 2.24) is 10.2 Å². The Morgan fingerprint density at radius 3 is 2.16 bits per heavy atom. The Kier molecular flexibility index (Phi) is 9.46. The molecular formula is C30H30N2O4S. The Hall–Kier alpha value is -3.94. The third-order valence-electron chi connectivity index (χ3n) is 5.76. The van der Waals surface area contributed by atoms with Gasteiger partial charge >= 0.3 is 5.97 Å². The number of benzene rings is 3. The zero-order valence-corrected chi connectivity index (χ0v) is 21.3. The quantitative estimate of drug-likeness (QED) is 0.229. The third kappa shape index (κ3) is 8.59. The molecule has 0 fully saturated rings. The van der Waals surface area contributed by atoms with Gasteiger partial charge in [-0.2, -0.15) is 0 Å². The van der Waals surface area contributed by atoms with Crippen LogP contribution in [0.15, 0.2) is 97.1 Å². The highest BCUT2D eigenvalue weighted by atomic mass is 32.1. The highest BCUT2D eigenvalue weighted by Gasteiger charge is 2.13. The Labute approximate surface area is 221 Å². The largest absolute Gasteiger partial charge is 0.481 e. The summed E-state index contributed by atoms with van der Waals surface area (Å²) in [6, 6.07) is 32.1. The smallest absolute Gasteiger partial charge is 0.305 e. The monoisotopic (exact) mass is 514 g/mol. The molecule has 2 N–H and O–H groups in total. The van der Waals surface area contributed by atoms with E-state index in [-0.39, 0.29) is 18.9 Å². The number of hydrogen-bond acceptors (Lipinski definition) is 5. The molecule has 0 aliphatic carbocycles. The lowest BCUT2D eigenvalue weighted by Gasteiger charge is -2.22. The maximum Gasteiger partial charge on any atom is 0.305 e. The molecule has 0 aliphatic rings. The first kappa shape index (κ1) is 26.1. The Balaban J connectivity index is 1.40. The molecule has 0 saturated carbocycles. The number of carbonyl (C=O) groups is 2. The van der Waals surface area contributed by atoms with E-state index in [1.807, 2.05) is 54.6 Å². The van der Waals surface area contributed by atoms with E-state index in [1.165, 1.54) is 22.5 Å². The number of carboxylic acids is 1. The number of rotatable bonds is 13. The maximum absolute atomic E-state index is 12.4. The molecule has 0 radical (unpaired) electrons. The van der Waals surface area contributed by atoms with Crippen molar-refractivity contribution < 1.29 is 19.4 Å². The van der Waals surface area contributed by atoms with Crippen molar-refractivity contribution in [3.05, 3.63) is 118 Å². The van der Waals surface area contributed by atoms with Crippen LogP contribution in [-0.2, 0) is 24.3 Å². The van der Waals surface area contributed by atoms with Gasteiger partial charge in [-0.05, 0) is 53.9 Å². The van der Waals surface area contributed by atoms with E-state index in [4.69, 9.17) is 9.84 Å². The molecular weight excluding hydrogens is 484 g/mol. The number of hydrogen-bond donors (Lipinski definition) is 2. The van der Waals surface area contributed by atoms with Gasteiger partial charge in [0.15, 0.2) is 0 Å². The van der Waals surface area contributed by atoms with Crippen LogP contribution in [-0.4, -0.2) is 35.0 Å². The molecule has 0 atom stereocenters. The van der Waals surface area contributed by atoms with E-state index < -0.39 is 5.97 Å². The summed E-state index contributed by atoms with van der Waals surface area (Å²) >= 11 is 1.44. The van der Waals surface area contributed by atoms with Crippen LogP contribution in [0.2, 0.25) is 0 Å². The van der Waals surface area contributed by atoms with Crippen molar-refractivity contribution in [2.24, 2.45) is 0 Å². The molecule has 0 bridgehead atoms. The van der Waals surface area contributed by atoms with E-state index in [0.717, 1.165) is 35.9 Å². The number of para-hydroxylation sites is 1. The molecule has 1 aromatic heterocycles. The molecule has 0 spiro atoms. The van der Waals surface area contributed by atoms with Gasteiger partial charge < -0.3 is 15.2 Å². The molecule has 6 nitrogen and oxygen atoms in total. The number of thiophene rings is 1. The number of carbonyl (C=O) groups excluding carboxylic acids is 1. The fraction of sp³-hybridized carbons (Fsp3) is 0.200. The van der Waals surface area contributed by atoms with Crippen LogP contribution in [0, 0.1) is 0 Å². The summed E-state index contributed by atoms with van der Waals surface area (Å²) < 4.78 is 5.92. The molecule has 4 rings (SSSR count). The standard InChI is InChI=1S/C30H30N2O4S/c33-29(34)17-19-31-30(35)28-16-15-27(37-28)22-32(20-18-23-7-3-1-4-8-23)21-24-11-13-26(14-12-24)36-25-9-5-2-6-10-25/h1-16H,17-22H2,(H,31,35)(H,33,34). The van der Waals surface area contributed by atoms with E-state index in [1.54, 1.807) is 6.07 Å². The van der Waals surface area contributed by atoms with E-state index in [2.05, 4.69) is 46.6 Å². The number of nitrogens with zero attached hydrogens (tertiary/aromatic N) is 1. The Morgan fingerprint density at radius 1 is 0.784 bits per heavy atom. The van der Waals surface area contributed by atoms with Crippen LogP contribution < -0.4 is 10.1 Å². The molecule has 1 amide bonds. The van der Waals surface area contributed by atoms with Gasteiger partial charge in [0.25, 0.3) is 5.91 Å². The van der Waals surface area contributed by atoms with Crippen molar-refractivity contribution in [3.8, 4) is 11.5 Å². The molecule has 190 valence electrons. The first-order valence-electron chi connectivity index (χ1n) is 12.2. The first-order chi connectivity index (χ1) is 18.0. The summed E-state index contributed by atoms with van der Waals surface area (Å²) in [6.45, 7) is 2.46. The number of amides is 1. The summed E-state index contributed by atoms with van der Waals surface area (Å²) in [7, 11) is 0. The lowest BCUT2D eigenvalue weighted by Crippen LogP contribution is -2.25. The topological polar surface area (TPSA) is 78.9 Å². The minimum atomic E-state index is -0.930. The Morgan fingerprint density at radius 2 is 1.46 bits per heavy atom. The summed E-state index contributed by atoms with van der Waals surface area (Å²) in [5.41, 5.74) is 2.46. The zero-order valence-electron chi connectivity index (χ0n) is 20.5. The average molecular weight is 515 g/mol. The van der Waals surface area contributed by atoms with E-state index >= 15 is 0 Å². The van der Waals surface area contributed by atoms with Gasteiger partial charge in [0.05, 0.1) is 11.3 Å². The third-order valence-corrected chi connectivity index (χ3v) is 6.83. The van der Waals surface area contributed by atoms with Crippen molar-refractivity contribution >= 4 is 23.2 Å². The van der Waals surface area contributed by atoms with Gasteiger partial charge in [0.2, 0.25) is 0 Å². The van der Waals surface area contributed by atoms with Gasteiger partial charge in [-0.1, -0.05) is 60.7 Å². The van der Waals surface area contributed by atoms with Crippen LogP contribution in [0.3, 0.4) is 0 Å². The minimum absolute atomic E-state index is 0.0909. The summed E-state index contributed by atoms with van der Waals surface area (Å²) in [5.74, 6) is 0.436. The lowest BCUT2D eigenvalue weighted by molar-refractivity contribution is -0.136. The highest BCUT2D eigenvalue weighted by Crippen LogP contribution is 2.23. The van der Waals surface area contributed by atoms with Gasteiger partial charge in [0.1, 0.15) is 11.5 Å². The first-order valence-corrected chi connectivity index (χ1v) is 13.0. The fourth-order valence-electron chi connectivity index (χ4n) is 3.87. The van der Waals surface area contributed by atoms with Gasteiger partial charge in [-0.25, -0.2) is 0 Å². The molecule has 0 saturated heterocycles. The van der Waals surface area contributed by atoms with Gasteiger partial charge in [-0.15, -0.1) is 11.3 Å². The van der Waals surface area contributed by atoms with Crippen LogP contribution in [0.25, 0.3) is 0 Å². The predicted molar refractivity (Wildman–Crippen MR) is 146 cm³/mol. The molecule has 0 unspecified atom stereocenters. The summed E-state index contributed by atoms with van der Waals surface area (Å²) in [6.07, 6.45) is 0.830. The summed E-state index contributed by atoms with van der Waals surface area (Å²) in [4.78, 5) is 27.1. The van der Waals surface area contributed by atoms with Crippen LogP contribution in [0.4, 0.5) is 0 Å². The van der Waals surface area contributed by atoms with E-state index in [9.17, 15) is 9.59 Å². The number of nitrogens with one attached hydrogen (secondary N) is 1. The minimum Gasteiger partial charge on any atom is -0.481 e. The lowest BCUT2D eigenvalue weighted by atomic mass is 10.1. The highest BCUT2D eigenvalue weighted by molar-refractivity contribution is 7.14. The average Bonchev–Trinajstić information content (AvgIpc) is 3.38. The molecule has 0 aliphatic heterocycles. The van der Waals surface area contributed by atoms with Crippen LogP contribution in [0.5, 0.6) is 11.5 Å². The van der Waals surface area contributed by atoms with Crippen molar-refractivity contribution in [2.75, 3.05) is 13.1 Å². The molecule has 3 aromatic carbocycles. The normalized spacial score (nSPS) is 10.8. The van der Waals surface area contributed by atoms with Crippen molar-refractivity contribution in [2.45, 2.75) is 25.9 Å². The second kappa shape index (κ2) is 13.4. The van der Waals surface area contributed by atoms with Gasteiger partial charge in [0, 0.05) is 31.1 Å². The second-order valence-electron chi connectivity index (χ2n) is 8.67. The zero-order chi connectivity index (χ0) is 25.9. The SMILES string of the molecule is O=C(O)CCNC(=O)c1ccc(CN(CCc2ccccc2)Cc2ccc(Oc3ccccc3)cc2)s1. The van der Waals surface area contributed by atoms with Crippen LogP contribution >= 0.6 is 11.3 Å². The van der Waals surface area contributed by atoms with Crippen molar-refractivity contribution in [1.29, 1.82) is 0 Å². The van der Waals surface area contributed by atoms with Crippen molar-refractivity contribution in [3.63, 3.8) is 0 Å². The summed E-state index contributed by atoms with van der Waals surface area (Å²) in [5, 5.41) is 11.4. The number of carboxylic acid groups (broad SMARTS) is 1. The van der Waals surface area contributed by atoms with E-state index in [0.29, 0.717) is 11.4 Å². The maximum atomic E-state index is 12.4. The Bertz CT molecular complexity index is 1270. The molecule has 37 heavy (non-hydrogen) atoms. The molecule has 1 heterocycles. The van der Waals surface area contributed by atoms with Crippen LogP contribution in [0.1, 0.15) is 32.1 Å². The molecule has 4 aromatic rings.